The lowest BCUT2D eigenvalue weighted by molar-refractivity contribution is 0.275. The van der Waals surface area contributed by atoms with E-state index in [1.807, 2.05) is 0 Å². The standard InChI is InChI=1S/C4H6BrN3.C4H7N3O/c1-8-6-3-4(2-5)7-8;1-7-5-2-4(3-8)6-7/h3H,2H2,1H3;2,8H,3H2,1H3. The Labute approximate surface area is 101 Å². The number of alkyl halides is 1. The van der Waals surface area contributed by atoms with E-state index >= 15 is 0 Å². The molecule has 0 aliphatic heterocycles. The molecule has 88 valence electrons. The van der Waals surface area contributed by atoms with Crippen LogP contribution in [0.4, 0.5) is 0 Å². The third kappa shape index (κ3) is 4.07. The van der Waals surface area contributed by atoms with Crippen molar-refractivity contribution < 1.29 is 5.11 Å². The normalized spacial score (nSPS) is 9.75. The predicted octanol–water partition coefficient (Wildman–Crippen LogP) is 0.0174. The van der Waals surface area contributed by atoms with Gasteiger partial charge in [0.05, 0.1) is 24.7 Å². The summed E-state index contributed by atoms with van der Waals surface area (Å²) in [7, 11) is 3.51. The van der Waals surface area contributed by atoms with Gasteiger partial charge in [0.1, 0.15) is 5.69 Å². The first-order chi connectivity index (χ1) is 7.65. The molecule has 0 bridgehead atoms. The van der Waals surface area contributed by atoms with Crippen LogP contribution in [0.2, 0.25) is 0 Å². The third-order valence-corrected chi connectivity index (χ3v) is 2.17. The smallest absolute Gasteiger partial charge is 0.108 e. The molecule has 16 heavy (non-hydrogen) atoms. The van der Waals surface area contributed by atoms with E-state index in [2.05, 4.69) is 36.3 Å². The first-order valence-corrected chi connectivity index (χ1v) is 5.65. The van der Waals surface area contributed by atoms with Crippen molar-refractivity contribution in [3.8, 4) is 0 Å². The summed E-state index contributed by atoms with van der Waals surface area (Å²) >= 11 is 3.25. The molecule has 2 heterocycles. The minimum absolute atomic E-state index is 0.0339. The fourth-order valence-electron chi connectivity index (χ4n) is 0.909. The van der Waals surface area contributed by atoms with Gasteiger partial charge in [-0.25, -0.2) is 0 Å². The second kappa shape index (κ2) is 6.33. The molecule has 0 aliphatic carbocycles. The molecular weight excluding hydrogens is 276 g/mol. The van der Waals surface area contributed by atoms with Crippen molar-refractivity contribution >= 4 is 15.9 Å². The Morgan fingerprint density at radius 2 is 1.62 bits per heavy atom. The number of rotatable bonds is 2. The number of aryl methyl sites for hydroxylation is 2. The number of aliphatic hydroxyl groups is 1. The summed E-state index contributed by atoms with van der Waals surface area (Å²) in [6.07, 6.45) is 3.26. The van der Waals surface area contributed by atoms with Crippen LogP contribution in [0.15, 0.2) is 12.4 Å². The monoisotopic (exact) mass is 288 g/mol. The van der Waals surface area contributed by atoms with Crippen LogP contribution >= 0.6 is 15.9 Å². The third-order valence-electron chi connectivity index (χ3n) is 1.59. The van der Waals surface area contributed by atoms with E-state index in [4.69, 9.17) is 5.11 Å². The topological polar surface area (TPSA) is 81.7 Å². The maximum Gasteiger partial charge on any atom is 0.108 e. The fourth-order valence-corrected chi connectivity index (χ4v) is 1.17. The summed E-state index contributed by atoms with van der Waals surface area (Å²) in [5.74, 6) is 0. The van der Waals surface area contributed by atoms with Crippen molar-refractivity contribution in [2.75, 3.05) is 0 Å². The predicted molar refractivity (Wildman–Crippen MR) is 60.6 cm³/mol. The lowest BCUT2D eigenvalue weighted by Crippen LogP contribution is -1.92. The highest BCUT2D eigenvalue weighted by molar-refractivity contribution is 9.08. The van der Waals surface area contributed by atoms with E-state index in [0.717, 1.165) is 11.0 Å². The summed E-state index contributed by atoms with van der Waals surface area (Å²) in [6.45, 7) is -0.0339. The van der Waals surface area contributed by atoms with E-state index in [1.54, 1.807) is 20.3 Å². The second-order valence-corrected chi connectivity index (χ2v) is 3.50. The molecule has 0 spiro atoms. The van der Waals surface area contributed by atoms with Crippen molar-refractivity contribution in [3.05, 3.63) is 23.8 Å². The van der Waals surface area contributed by atoms with Crippen LogP contribution < -0.4 is 0 Å². The zero-order valence-corrected chi connectivity index (χ0v) is 10.7. The molecule has 2 aromatic heterocycles. The van der Waals surface area contributed by atoms with Crippen LogP contribution in [0.1, 0.15) is 11.4 Å². The van der Waals surface area contributed by atoms with Gasteiger partial charge in [-0.15, -0.1) is 0 Å². The van der Waals surface area contributed by atoms with Crippen LogP contribution in [0.25, 0.3) is 0 Å². The summed E-state index contributed by atoms with van der Waals surface area (Å²) < 4.78 is 0. The van der Waals surface area contributed by atoms with E-state index in [1.165, 1.54) is 15.8 Å². The van der Waals surface area contributed by atoms with Crippen LogP contribution in [0.3, 0.4) is 0 Å². The number of hydrogen-bond acceptors (Lipinski definition) is 5. The molecule has 2 rings (SSSR count). The average molecular weight is 289 g/mol. The van der Waals surface area contributed by atoms with Gasteiger partial charge in [0, 0.05) is 19.4 Å². The van der Waals surface area contributed by atoms with Gasteiger partial charge in [0.2, 0.25) is 0 Å². The van der Waals surface area contributed by atoms with E-state index in [-0.39, 0.29) is 6.61 Å². The Bertz CT molecular complexity index is 385. The van der Waals surface area contributed by atoms with Crippen LogP contribution in [-0.4, -0.2) is 35.1 Å². The van der Waals surface area contributed by atoms with Crippen molar-refractivity contribution in [2.24, 2.45) is 14.1 Å². The lowest BCUT2D eigenvalue weighted by atomic mass is 10.5. The van der Waals surface area contributed by atoms with Gasteiger partial charge < -0.3 is 5.11 Å². The molecule has 0 unspecified atom stereocenters. The average Bonchev–Trinajstić information content (AvgIpc) is 2.88. The second-order valence-electron chi connectivity index (χ2n) is 2.94. The Kier molecular flexibility index (Phi) is 5.06. The van der Waals surface area contributed by atoms with Gasteiger partial charge in [-0.2, -0.15) is 30.0 Å². The first kappa shape index (κ1) is 12.8. The van der Waals surface area contributed by atoms with Gasteiger partial charge in [0.15, 0.2) is 0 Å². The molecule has 8 heteroatoms. The van der Waals surface area contributed by atoms with Crippen LogP contribution in [-0.2, 0) is 26.0 Å². The summed E-state index contributed by atoms with van der Waals surface area (Å²) in [5.41, 5.74) is 1.57. The maximum atomic E-state index is 8.44. The quantitative estimate of drug-likeness (QED) is 0.788. The maximum absolute atomic E-state index is 8.44. The summed E-state index contributed by atoms with van der Waals surface area (Å²) in [4.78, 5) is 2.95. The summed E-state index contributed by atoms with van der Waals surface area (Å²) in [6, 6.07) is 0. The summed E-state index contributed by atoms with van der Waals surface area (Å²) in [5, 5.41) is 24.6. The largest absolute Gasteiger partial charge is 0.390 e. The molecule has 0 aromatic carbocycles. The Morgan fingerprint density at radius 3 is 1.81 bits per heavy atom. The number of nitrogens with zero attached hydrogens (tertiary/aromatic N) is 6. The number of aliphatic hydroxyl groups excluding tert-OH is 1. The van der Waals surface area contributed by atoms with Gasteiger partial charge in [-0.1, -0.05) is 15.9 Å². The molecule has 1 N–H and O–H groups in total. The van der Waals surface area contributed by atoms with E-state index < -0.39 is 0 Å². The Morgan fingerprint density at radius 1 is 1.12 bits per heavy atom. The van der Waals surface area contributed by atoms with Gasteiger partial charge in [0.25, 0.3) is 0 Å². The molecule has 2 aromatic rings. The molecule has 0 saturated carbocycles. The van der Waals surface area contributed by atoms with E-state index in [0.29, 0.717) is 5.69 Å². The van der Waals surface area contributed by atoms with Gasteiger partial charge >= 0.3 is 0 Å². The van der Waals surface area contributed by atoms with Crippen molar-refractivity contribution in [2.45, 2.75) is 11.9 Å². The zero-order valence-electron chi connectivity index (χ0n) is 9.08. The highest BCUT2D eigenvalue weighted by atomic mass is 79.9. The van der Waals surface area contributed by atoms with Gasteiger partial charge in [-0.3, -0.25) is 0 Å². The fraction of sp³-hybridized carbons (Fsp3) is 0.500. The molecule has 0 amide bonds. The van der Waals surface area contributed by atoms with Crippen LogP contribution in [0, 0.1) is 0 Å². The van der Waals surface area contributed by atoms with E-state index in [9.17, 15) is 0 Å². The highest BCUT2D eigenvalue weighted by Gasteiger charge is 1.91. The van der Waals surface area contributed by atoms with Gasteiger partial charge in [-0.05, 0) is 0 Å². The Hall–Kier alpha value is -1.28. The molecular formula is C8H13BrN6O. The first-order valence-electron chi connectivity index (χ1n) is 4.53. The van der Waals surface area contributed by atoms with Crippen molar-refractivity contribution in [1.29, 1.82) is 0 Å². The van der Waals surface area contributed by atoms with Crippen molar-refractivity contribution in [3.63, 3.8) is 0 Å². The number of hydrogen-bond donors (Lipinski definition) is 1. The SMILES string of the molecule is Cn1ncc(CBr)n1.Cn1ncc(CO)n1. The van der Waals surface area contributed by atoms with Crippen LogP contribution in [0.5, 0.6) is 0 Å². The highest BCUT2D eigenvalue weighted by Crippen LogP contribution is 1.96. The molecule has 0 aliphatic rings. The molecule has 0 saturated heterocycles. The molecule has 0 radical (unpaired) electrons. The molecule has 0 atom stereocenters. The Balaban J connectivity index is 0.000000160. The number of halogens is 1. The number of aromatic nitrogens is 6. The molecule has 7 nitrogen and oxygen atoms in total. The molecule has 0 fully saturated rings. The lowest BCUT2D eigenvalue weighted by Gasteiger charge is -1.80. The zero-order chi connectivity index (χ0) is 12.0. The minimum Gasteiger partial charge on any atom is -0.390 e. The van der Waals surface area contributed by atoms with Crippen molar-refractivity contribution in [1.82, 2.24) is 30.0 Å². The minimum atomic E-state index is -0.0339.